The van der Waals surface area contributed by atoms with Gasteiger partial charge in [0.15, 0.2) is 0 Å². The first-order chi connectivity index (χ1) is 4.33. The molecule has 0 amide bonds. The van der Waals surface area contributed by atoms with E-state index in [1.54, 1.807) is 24.3 Å². The Morgan fingerprint density at radius 2 is 1.78 bits per heavy atom. The van der Waals surface area contributed by atoms with Crippen molar-refractivity contribution in [2.24, 2.45) is 0 Å². The Hall–Kier alpha value is -0.930. The number of benzene rings is 1. The van der Waals surface area contributed by atoms with E-state index in [9.17, 15) is 0 Å². The van der Waals surface area contributed by atoms with Crippen LogP contribution in [0.1, 0.15) is 5.56 Å². The maximum absolute atomic E-state index is 6.72. The zero-order chi connectivity index (χ0) is 6.69. The average molecular weight is 136 g/mol. The van der Waals surface area contributed by atoms with E-state index >= 15 is 0 Å². The van der Waals surface area contributed by atoms with Crippen molar-refractivity contribution in [1.82, 2.24) is 0 Å². The molecule has 0 aromatic heterocycles. The molecular weight excluding hydrogens is 132 g/mol. The molecule has 0 aliphatic carbocycles. The molecule has 44 valence electrons. The first-order valence-corrected chi connectivity index (χ1v) is 2.89. The fourth-order valence-electron chi connectivity index (χ4n) is 0.533. The molecule has 1 heteroatoms. The molecule has 0 fully saturated rings. The summed E-state index contributed by atoms with van der Waals surface area (Å²) in [5, 5.41) is 0.689. The van der Waals surface area contributed by atoms with Crippen molar-refractivity contribution in [3.05, 3.63) is 41.3 Å². The summed E-state index contributed by atoms with van der Waals surface area (Å²) in [6, 6.07) is 6.96. The van der Waals surface area contributed by atoms with Gasteiger partial charge < -0.3 is 6.42 Å². The first kappa shape index (κ1) is 6.19. The van der Waals surface area contributed by atoms with Gasteiger partial charge in [-0.3, -0.25) is 5.92 Å². The van der Waals surface area contributed by atoms with Gasteiger partial charge in [0.1, 0.15) is 0 Å². The standard InChI is InChI=1S/C8H4Cl/c1-2-7-3-5-8(9)6-4-7/h3-6H/q-1. The zero-order valence-corrected chi connectivity index (χ0v) is 5.44. The van der Waals surface area contributed by atoms with E-state index < -0.39 is 0 Å². The summed E-state index contributed by atoms with van der Waals surface area (Å²) in [7, 11) is 0. The van der Waals surface area contributed by atoms with Crippen molar-refractivity contribution >= 4 is 11.6 Å². The minimum Gasteiger partial charge on any atom is -0.366 e. The van der Waals surface area contributed by atoms with Crippen LogP contribution < -0.4 is 0 Å². The molecule has 0 saturated carbocycles. The number of hydrogen-bond acceptors (Lipinski definition) is 0. The molecule has 0 spiro atoms. The summed E-state index contributed by atoms with van der Waals surface area (Å²) in [5.74, 6) is 2.25. The Morgan fingerprint density at radius 1 is 1.22 bits per heavy atom. The fraction of sp³-hybridized carbons (Fsp3) is 0. The van der Waals surface area contributed by atoms with E-state index in [2.05, 4.69) is 5.92 Å². The fourth-order valence-corrected chi connectivity index (χ4v) is 0.659. The normalized spacial score (nSPS) is 8.44. The van der Waals surface area contributed by atoms with E-state index in [4.69, 9.17) is 18.0 Å². The Morgan fingerprint density at radius 3 is 2.22 bits per heavy atom. The molecule has 0 heterocycles. The van der Waals surface area contributed by atoms with Gasteiger partial charge in [0.2, 0.25) is 0 Å². The highest BCUT2D eigenvalue weighted by Gasteiger charge is 1.78. The predicted molar refractivity (Wildman–Crippen MR) is 37.7 cm³/mol. The van der Waals surface area contributed by atoms with Crippen LogP contribution in [0.4, 0.5) is 0 Å². The molecule has 1 aromatic rings. The molecule has 0 unspecified atom stereocenters. The molecule has 0 saturated heterocycles. The molecular formula is C8H4Cl-. The summed E-state index contributed by atoms with van der Waals surface area (Å²) in [5.41, 5.74) is 0.749. The lowest BCUT2D eigenvalue weighted by molar-refractivity contribution is 1.65. The molecule has 0 bridgehead atoms. The topological polar surface area (TPSA) is 0 Å². The van der Waals surface area contributed by atoms with Gasteiger partial charge in [-0.1, -0.05) is 23.7 Å². The first-order valence-electron chi connectivity index (χ1n) is 2.51. The third-order valence-electron chi connectivity index (χ3n) is 0.989. The van der Waals surface area contributed by atoms with E-state index in [0.29, 0.717) is 5.02 Å². The third-order valence-corrected chi connectivity index (χ3v) is 1.24. The Bertz CT molecular complexity index is 228. The monoisotopic (exact) mass is 135 g/mol. The Balaban J connectivity index is 3.06. The largest absolute Gasteiger partial charge is 0.366 e. The van der Waals surface area contributed by atoms with E-state index in [1.807, 2.05) is 0 Å². The van der Waals surface area contributed by atoms with Crippen LogP contribution in [-0.2, 0) is 0 Å². The van der Waals surface area contributed by atoms with Crippen molar-refractivity contribution in [1.29, 1.82) is 0 Å². The highest BCUT2D eigenvalue weighted by molar-refractivity contribution is 6.30. The molecule has 0 aliphatic rings. The quantitative estimate of drug-likeness (QED) is 0.378. The summed E-state index contributed by atoms with van der Waals surface area (Å²) in [6.45, 7) is 0. The van der Waals surface area contributed by atoms with Crippen LogP contribution in [0.15, 0.2) is 24.3 Å². The molecule has 1 aromatic carbocycles. The molecule has 0 nitrogen and oxygen atoms in total. The SMILES string of the molecule is [C-]#Cc1ccc(Cl)cc1. The summed E-state index contributed by atoms with van der Waals surface area (Å²) >= 11 is 5.58. The van der Waals surface area contributed by atoms with Crippen molar-refractivity contribution in [3.63, 3.8) is 0 Å². The number of rotatable bonds is 0. The van der Waals surface area contributed by atoms with Crippen LogP contribution >= 0.6 is 11.6 Å². The average Bonchev–Trinajstić information content (AvgIpc) is 1.90. The predicted octanol–water partition coefficient (Wildman–Crippen LogP) is 2.28. The number of halogens is 1. The molecule has 0 radical (unpaired) electrons. The van der Waals surface area contributed by atoms with Crippen molar-refractivity contribution in [2.45, 2.75) is 0 Å². The van der Waals surface area contributed by atoms with Crippen molar-refractivity contribution in [3.8, 4) is 5.92 Å². The smallest absolute Gasteiger partial charge is 0.0376 e. The van der Waals surface area contributed by atoms with Crippen molar-refractivity contribution < 1.29 is 0 Å². The second-order valence-electron chi connectivity index (χ2n) is 1.63. The van der Waals surface area contributed by atoms with Crippen LogP contribution in [-0.4, -0.2) is 0 Å². The summed E-state index contributed by atoms with van der Waals surface area (Å²) in [6.07, 6.45) is 6.72. The third kappa shape index (κ3) is 1.48. The maximum atomic E-state index is 6.72. The van der Waals surface area contributed by atoms with Crippen LogP contribution in [0.5, 0.6) is 0 Å². The van der Waals surface area contributed by atoms with Gasteiger partial charge >= 0.3 is 0 Å². The molecule has 0 atom stereocenters. The van der Waals surface area contributed by atoms with E-state index in [-0.39, 0.29) is 0 Å². The van der Waals surface area contributed by atoms with Gasteiger partial charge in [0, 0.05) is 5.02 Å². The molecule has 1 rings (SSSR count). The van der Waals surface area contributed by atoms with Gasteiger partial charge in [0.25, 0.3) is 0 Å². The lowest BCUT2D eigenvalue weighted by atomic mass is 10.2. The maximum Gasteiger partial charge on any atom is 0.0376 e. The second kappa shape index (κ2) is 2.57. The summed E-state index contributed by atoms with van der Waals surface area (Å²) < 4.78 is 0. The molecule has 0 N–H and O–H groups in total. The highest BCUT2D eigenvalue weighted by atomic mass is 35.5. The van der Waals surface area contributed by atoms with E-state index in [0.717, 1.165) is 5.56 Å². The van der Waals surface area contributed by atoms with Crippen LogP contribution in [0.25, 0.3) is 0 Å². The Labute approximate surface area is 59.5 Å². The van der Waals surface area contributed by atoms with Gasteiger partial charge in [-0.05, 0) is 0 Å². The van der Waals surface area contributed by atoms with Gasteiger partial charge in [-0.15, -0.1) is 17.7 Å². The van der Waals surface area contributed by atoms with Gasteiger partial charge in [0.05, 0.1) is 0 Å². The lowest BCUT2D eigenvalue weighted by Gasteiger charge is -1.96. The van der Waals surface area contributed by atoms with Crippen LogP contribution in [0, 0.1) is 12.3 Å². The van der Waals surface area contributed by atoms with Crippen molar-refractivity contribution in [2.75, 3.05) is 0 Å². The number of hydrogen-bond donors (Lipinski definition) is 0. The highest BCUT2D eigenvalue weighted by Crippen LogP contribution is 2.07. The van der Waals surface area contributed by atoms with E-state index in [1.165, 1.54) is 0 Å². The zero-order valence-electron chi connectivity index (χ0n) is 4.69. The van der Waals surface area contributed by atoms with Gasteiger partial charge in [-0.2, -0.15) is 0 Å². The molecule has 9 heavy (non-hydrogen) atoms. The van der Waals surface area contributed by atoms with Gasteiger partial charge in [-0.25, -0.2) is 0 Å². The minimum atomic E-state index is 0.689. The van der Waals surface area contributed by atoms with Crippen LogP contribution in [0.2, 0.25) is 5.02 Å². The minimum absolute atomic E-state index is 0.689. The lowest BCUT2D eigenvalue weighted by Crippen LogP contribution is -1.69. The summed E-state index contributed by atoms with van der Waals surface area (Å²) in [4.78, 5) is 0. The van der Waals surface area contributed by atoms with Crippen LogP contribution in [0.3, 0.4) is 0 Å². The Kier molecular flexibility index (Phi) is 1.77. The second-order valence-corrected chi connectivity index (χ2v) is 2.07. The molecule has 0 aliphatic heterocycles.